The van der Waals surface area contributed by atoms with E-state index in [0.29, 0.717) is 10.9 Å². The normalized spacial score (nSPS) is 11.0. The first kappa shape index (κ1) is 22.6. The molecule has 0 aromatic heterocycles. The molecular weight excluding hydrogens is 403 g/mol. The van der Waals surface area contributed by atoms with Crippen molar-refractivity contribution in [3.8, 4) is 23.0 Å². The molecule has 0 amide bonds. The van der Waals surface area contributed by atoms with E-state index in [9.17, 15) is 0 Å². The number of allylic oxidation sites excluding steroid dienone is 2. The van der Waals surface area contributed by atoms with Gasteiger partial charge in [-0.25, -0.2) is 4.39 Å². The fraction of sp³-hybridized carbons (Fsp3) is 0.188. The van der Waals surface area contributed by atoms with Crippen LogP contribution in [0.2, 0.25) is 0 Å². The lowest BCUT2D eigenvalue weighted by Crippen LogP contribution is -1.89. The zero-order chi connectivity index (χ0) is 23.0. The molecule has 0 aliphatic rings. The van der Waals surface area contributed by atoms with E-state index in [-0.39, 0.29) is 5.82 Å². The van der Waals surface area contributed by atoms with E-state index in [1.165, 1.54) is 11.1 Å². The van der Waals surface area contributed by atoms with Crippen LogP contribution in [0.15, 0.2) is 91.0 Å². The second kappa shape index (κ2) is 10.8. The highest BCUT2D eigenvalue weighted by Crippen LogP contribution is 2.30. The van der Waals surface area contributed by atoms with Crippen LogP contribution in [0, 0.1) is 17.7 Å². The quantitative estimate of drug-likeness (QED) is 0.212. The fourth-order valence-corrected chi connectivity index (χ4v) is 4.05. The Kier molecular flexibility index (Phi) is 7.38. The predicted octanol–water partition coefficient (Wildman–Crippen LogP) is 8.51. The molecule has 0 spiro atoms. The van der Waals surface area contributed by atoms with E-state index in [1.54, 1.807) is 0 Å². The number of rotatable bonds is 6. The monoisotopic (exact) mass is 432 g/mol. The maximum absolute atomic E-state index is 15.3. The number of aryl methyl sites for hydroxylation is 2. The molecule has 0 atom stereocenters. The van der Waals surface area contributed by atoms with Gasteiger partial charge in [0.15, 0.2) is 0 Å². The summed E-state index contributed by atoms with van der Waals surface area (Å²) in [6.07, 6.45) is 8.52. The molecule has 4 rings (SSSR count). The standard InChI is InChI=1S/C32H29F/c1-3-5-6-8-25-9-11-26(12-10-25)13-14-27-17-21-31-29(23-27)20-22-30(32(31)33)28-18-15-24(7-4-2)16-19-28/h3,5,9-12,15-23H,4,6-8H2,1-2H3/b5-3+. The van der Waals surface area contributed by atoms with Crippen molar-refractivity contribution in [2.45, 2.75) is 39.5 Å². The van der Waals surface area contributed by atoms with E-state index in [4.69, 9.17) is 0 Å². The van der Waals surface area contributed by atoms with E-state index in [1.807, 2.05) is 49.4 Å². The Morgan fingerprint density at radius 3 is 2.15 bits per heavy atom. The van der Waals surface area contributed by atoms with Crippen LogP contribution in [-0.2, 0) is 12.8 Å². The molecule has 0 fully saturated rings. The highest BCUT2D eigenvalue weighted by molar-refractivity contribution is 5.89. The van der Waals surface area contributed by atoms with Gasteiger partial charge in [-0.05, 0) is 72.5 Å². The summed E-state index contributed by atoms with van der Waals surface area (Å²) in [4.78, 5) is 0. The molecule has 0 aliphatic carbocycles. The van der Waals surface area contributed by atoms with Crippen molar-refractivity contribution in [3.05, 3.63) is 119 Å². The summed E-state index contributed by atoms with van der Waals surface area (Å²) >= 11 is 0. The Morgan fingerprint density at radius 1 is 0.758 bits per heavy atom. The van der Waals surface area contributed by atoms with E-state index < -0.39 is 0 Å². The summed E-state index contributed by atoms with van der Waals surface area (Å²) < 4.78 is 15.3. The van der Waals surface area contributed by atoms with Crippen LogP contribution < -0.4 is 0 Å². The van der Waals surface area contributed by atoms with Gasteiger partial charge in [0.2, 0.25) is 0 Å². The molecule has 33 heavy (non-hydrogen) atoms. The Labute approximate surface area is 196 Å². The van der Waals surface area contributed by atoms with E-state index in [0.717, 1.165) is 47.8 Å². The van der Waals surface area contributed by atoms with E-state index >= 15 is 4.39 Å². The lowest BCUT2D eigenvalue weighted by atomic mass is 9.97. The van der Waals surface area contributed by atoms with Crippen LogP contribution in [0.4, 0.5) is 4.39 Å². The first-order chi connectivity index (χ1) is 16.2. The molecule has 0 bridgehead atoms. The van der Waals surface area contributed by atoms with Crippen LogP contribution in [-0.4, -0.2) is 0 Å². The Balaban J connectivity index is 1.54. The maximum Gasteiger partial charge on any atom is 0.138 e. The van der Waals surface area contributed by atoms with Crippen LogP contribution >= 0.6 is 0 Å². The van der Waals surface area contributed by atoms with Crippen LogP contribution in [0.1, 0.15) is 48.9 Å². The topological polar surface area (TPSA) is 0 Å². The highest BCUT2D eigenvalue weighted by Gasteiger charge is 2.10. The molecule has 0 N–H and O–H groups in total. The van der Waals surface area contributed by atoms with Crippen molar-refractivity contribution in [3.63, 3.8) is 0 Å². The summed E-state index contributed by atoms with van der Waals surface area (Å²) in [5.74, 6) is 6.28. The minimum Gasteiger partial charge on any atom is -0.206 e. The number of benzene rings is 4. The second-order valence-electron chi connectivity index (χ2n) is 8.36. The third-order valence-corrected chi connectivity index (χ3v) is 5.90. The van der Waals surface area contributed by atoms with Gasteiger partial charge in [-0.1, -0.05) is 91.9 Å². The SMILES string of the molecule is C/C=C/CCc1ccc(C#Cc2ccc3c(F)c(-c4ccc(CCC)cc4)ccc3c2)cc1. The molecule has 0 radical (unpaired) electrons. The molecule has 0 saturated carbocycles. The summed E-state index contributed by atoms with van der Waals surface area (Å²) in [6.45, 7) is 4.21. The molecular formula is C32H29F. The summed E-state index contributed by atoms with van der Waals surface area (Å²) in [6, 6.07) is 26.2. The van der Waals surface area contributed by atoms with Gasteiger partial charge in [0.05, 0.1) is 0 Å². The van der Waals surface area contributed by atoms with Gasteiger partial charge >= 0.3 is 0 Å². The maximum atomic E-state index is 15.3. The van der Waals surface area contributed by atoms with Crippen molar-refractivity contribution >= 4 is 10.8 Å². The van der Waals surface area contributed by atoms with Gasteiger partial charge in [-0.15, -0.1) is 0 Å². The third kappa shape index (κ3) is 5.60. The molecule has 4 aromatic rings. The van der Waals surface area contributed by atoms with Crippen molar-refractivity contribution in [2.75, 3.05) is 0 Å². The van der Waals surface area contributed by atoms with Crippen LogP contribution in [0.5, 0.6) is 0 Å². The number of hydrogen-bond acceptors (Lipinski definition) is 0. The summed E-state index contributed by atoms with van der Waals surface area (Å²) in [5.41, 5.74) is 6.02. The average Bonchev–Trinajstić information content (AvgIpc) is 2.85. The smallest absolute Gasteiger partial charge is 0.138 e. The molecule has 4 aromatic carbocycles. The van der Waals surface area contributed by atoms with Crippen LogP contribution in [0.25, 0.3) is 21.9 Å². The minimum absolute atomic E-state index is 0.177. The zero-order valence-corrected chi connectivity index (χ0v) is 19.4. The van der Waals surface area contributed by atoms with Gasteiger partial charge in [0.25, 0.3) is 0 Å². The van der Waals surface area contributed by atoms with Gasteiger partial charge in [0, 0.05) is 22.1 Å². The first-order valence-electron chi connectivity index (χ1n) is 11.7. The van der Waals surface area contributed by atoms with Gasteiger partial charge in [-0.3, -0.25) is 0 Å². The minimum atomic E-state index is -0.177. The zero-order valence-electron chi connectivity index (χ0n) is 19.4. The third-order valence-electron chi connectivity index (χ3n) is 5.90. The Hall–Kier alpha value is -3.63. The van der Waals surface area contributed by atoms with Crippen molar-refractivity contribution in [1.29, 1.82) is 0 Å². The summed E-state index contributed by atoms with van der Waals surface area (Å²) in [7, 11) is 0. The van der Waals surface area contributed by atoms with Gasteiger partial charge in [0.1, 0.15) is 5.82 Å². The molecule has 164 valence electrons. The number of halogens is 1. The number of hydrogen-bond donors (Lipinski definition) is 0. The molecule has 0 heterocycles. The second-order valence-corrected chi connectivity index (χ2v) is 8.36. The molecule has 0 nitrogen and oxygen atoms in total. The molecule has 0 unspecified atom stereocenters. The van der Waals surface area contributed by atoms with Crippen molar-refractivity contribution in [2.24, 2.45) is 0 Å². The largest absolute Gasteiger partial charge is 0.206 e. The lowest BCUT2D eigenvalue weighted by Gasteiger charge is -2.08. The Morgan fingerprint density at radius 2 is 1.42 bits per heavy atom. The fourth-order valence-electron chi connectivity index (χ4n) is 4.05. The number of fused-ring (bicyclic) bond motifs is 1. The lowest BCUT2D eigenvalue weighted by molar-refractivity contribution is 0.643. The highest BCUT2D eigenvalue weighted by atomic mass is 19.1. The molecule has 0 saturated heterocycles. The Bertz CT molecular complexity index is 1310. The summed E-state index contributed by atoms with van der Waals surface area (Å²) in [5, 5.41) is 1.49. The first-order valence-corrected chi connectivity index (χ1v) is 11.7. The van der Waals surface area contributed by atoms with Crippen LogP contribution in [0.3, 0.4) is 0 Å². The average molecular weight is 433 g/mol. The van der Waals surface area contributed by atoms with Crippen molar-refractivity contribution in [1.82, 2.24) is 0 Å². The van der Waals surface area contributed by atoms with Crippen molar-refractivity contribution < 1.29 is 4.39 Å². The van der Waals surface area contributed by atoms with Gasteiger partial charge < -0.3 is 0 Å². The molecule has 1 heteroatoms. The predicted molar refractivity (Wildman–Crippen MR) is 139 cm³/mol. The van der Waals surface area contributed by atoms with Gasteiger partial charge in [-0.2, -0.15) is 0 Å². The van der Waals surface area contributed by atoms with E-state index in [2.05, 4.69) is 67.3 Å². The molecule has 0 aliphatic heterocycles.